The third-order valence-electron chi connectivity index (χ3n) is 7.93. The number of amides is 2. The van der Waals surface area contributed by atoms with Gasteiger partial charge in [0.15, 0.2) is 0 Å². The van der Waals surface area contributed by atoms with E-state index in [4.69, 9.17) is 9.73 Å². The molecule has 1 saturated heterocycles. The van der Waals surface area contributed by atoms with E-state index >= 15 is 0 Å². The van der Waals surface area contributed by atoms with Gasteiger partial charge in [0, 0.05) is 38.2 Å². The number of sulfonamides is 1. The normalized spacial score (nSPS) is 23.8. The van der Waals surface area contributed by atoms with Crippen molar-refractivity contribution in [2.45, 2.75) is 76.9 Å². The molecule has 4 rings (SSSR count). The number of hydrogen-bond donors (Lipinski definition) is 2. The van der Waals surface area contributed by atoms with Gasteiger partial charge >= 0.3 is 0 Å². The molecule has 2 amide bonds. The van der Waals surface area contributed by atoms with E-state index in [0.29, 0.717) is 38.0 Å². The molecule has 0 bridgehead atoms. The fraction of sp³-hybridized carbons (Fsp3) is 0.667. The summed E-state index contributed by atoms with van der Waals surface area (Å²) in [5, 5.41) is 5.73. The summed E-state index contributed by atoms with van der Waals surface area (Å²) < 4.78 is 45.7. The molecule has 2 fully saturated rings. The summed E-state index contributed by atoms with van der Waals surface area (Å²) in [4.78, 5) is 29.1. The lowest BCUT2D eigenvalue weighted by Crippen LogP contribution is -2.51. The van der Waals surface area contributed by atoms with E-state index in [2.05, 4.69) is 10.6 Å². The van der Waals surface area contributed by atoms with Gasteiger partial charge in [0.1, 0.15) is 11.4 Å². The number of benzene rings is 1. The predicted molar refractivity (Wildman–Crippen MR) is 144 cm³/mol. The largest absolute Gasteiger partial charge is 0.378 e. The lowest BCUT2D eigenvalue weighted by molar-refractivity contribution is -0.125. The van der Waals surface area contributed by atoms with Crippen molar-refractivity contribution in [3.8, 4) is 0 Å². The van der Waals surface area contributed by atoms with E-state index in [1.54, 1.807) is 6.07 Å². The van der Waals surface area contributed by atoms with Crippen molar-refractivity contribution in [2.75, 3.05) is 37.4 Å². The van der Waals surface area contributed by atoms with E-state index in [1.165, 1.54) is 11.2 Å². The molecular formula is C27H39FN4O5S. The Morgan fingerprint density at radius 2 is 1.95 bits per heavy atom. The van der Waals surface area contributed by atoms with Crippen LogP contribution in [0.4, 0.5) is 10.1 Å². The molecule has 11 heteroatoms. The number of alkyl halides is 1. The van der Waals surface area contributed by atoms with Crippen LogP contribution in [0.2, 0.25) is 0 Å². The molecule has 0 unspecified atom stereocenters. The highest BCUT2D eigenvalue weighted by Crippen LogP contribution is 2.35. The number of carbonyl (C=O) groups is 2. The Kier molecular flexibility index (Phi) is 9.20. The van der Waals surface area contributed by atoms with Gasteiger partial charge in [-0.25, -0.2) is 12.7 Å². The summed E-state index contributed by atoms with van der Waals surface area (Å²) in [6.07, 6.45) is 5.12. The topological polar surface area (TPSA) is 117 Å². The van der Waals surface area contributed by atoms with E-state index in [1.807, 2.05) is 19.1 Å². The number of piperidine rings is 1. The first kappa shape index (κ1) is 28.6. The molecule has 0 atom stereocenters. The van der Waals surface area contributed by atoms with Crippen LogP contribution in [0.3, 0.4) is 0 Å². The zero-order chi connectivity index (χ0) is 27.3. The van der Waals surface area contributed by atoms with Crippen molar-refractivity contribution in [3.05, 3.63) is 29.3 Å². The molecule has 1 spiro atoms. The number of anilines is 1. The maximum atomic E-state index is 13.1. The summed E-state index contributed by atoms with van der Waals surface area (Å²) in [5.74, 6) is 0.602. The van der Waals surface area contributed by atoms with E-state index in [0.717, 1.165) is 42.6 Å². The molecule has 0 aromatic heterocycles. The SMILES string of the molecule is CC(=O)Nc1ccc(CCS(=O)(=O)N2CCC3(CC2)N=C([C@H]2CC[C@H](OCCCF)CC2)NC3=O)c(C)c1. The smallest absolute Gasteiger partial charge is 0.253 e. The second-order valence-corrected chi connectivity index (χ2v) is 12.7. The summed E-state index contributed by atoms with van der Waals surface area (Å²) in [5.41, 5.74) is 1.65. The van der Waals surface area contributed by atoms with Crippen molar-refractivity contribution < 1.29 is 27.1 Å². The lowest BCUT2D eigenvalue weighted by Gasteiger charge is -2.34. The van der Waals surface area contributed by atoms with E-state index < -0.39 is 15.6 Å². The number of ether oxygens (including phenoxy) is 1. The number of rotatable bonds is 10. The second kappa shape index (κ2) is 12.2. The van der Waals surface area contributed by atoms with Crippen molar-refractivity contribution in [1.29, 1.82) is 0 Å². The highest BCUT2D eigenvalue weighted by molar-refractivity contribution is 7.89. The number of amidine groups is 1. The number of aliphatic imine (C=N–C) groups is 1. The number of carbonyl (C=O) groups excluding carboxylic acids is 2. The molecule has 9 nitrogen and oxygen atoms in total. The van der Waals surface area contributed by atoms with Crippen LogP contribution < -0.4 is 10.6 Å². The molecular weight excluding hydrogens is 511 g/mol. The predicted octanol–water partition coefficient (Wildman–Crippen LogP) is 3.12. The van der Waals surface area contributed by atoms with Gasteiger partial charge < -0.3 is 15.4 Å². The lowest BCUT2D eigenvalue weighted by atomic mass is 9.86. The third-order valence-corrected chi connectivity index (χ3v) is 9.80. The zero-order valence-corrected chi connectivity index (χ0v) is 23.1. The minimum atomic E-state index is -3.49. The number of hydrogen-bond acceptors (Lipinski definition) is 6. The first-order chi connectivity index (χ1) is 18.1. The van der Waals surface area contributed by atoms with Crippen molar-refractivity contribution in [1.82, 2.24) is 9.62 Å². The zero-order valence-electron chi connectivity index (χ0n) is 22.3. The standard InChI is InChI=1S/C27H39FN4O5S/c1-19-18-23(29-20(2)33)7-4-21(19)10-17-38(35,36)32-14-11-27(12-15-32)26(34)30-25(31-27)22-5-8-24(9-6-22)37-16-3-13-28/h4,7,18,22,24H,3,5-6,8-17H2,1-2H3,(H,29,33)(H,30,31,34)/t22-,24-. The number of aryl methyl sites for hydroxylation is 2. The molecule has 2 N–H and O–H groups in total. The second-order valence-electron chi connectivity index (χ2n) is 10.7. The quantitative estimate of drug-likeness (QED) is 0.434. The molecule has 0 radical (unpaired) electrons. The molecule has 1 aromatic carbocycles. The monoisotopic (exact) mass is 550 g/mol. The summed E-state index contributed by atoms with van der Waals surface area (Å²) in [7, 11) is -3.49. The van der Waals surface area contributed by atoms with Gasteiger partial charge in [-0.1, -0.05) is 6.07 Å². The Hall–Kier alpha value is -2.37. The fourth-order valence-corrected chi connectivity index (χ4v) is 7.12. The van der Waals surface area contributed by atoms with Crippen LogP contribution >= 0.6 is 0 Å². The van der Waals surface area contributed by atoms with Crippen molar-refractivity contribution >= 4 is 33.4 Å². The van der Waals surface area contributed by atoms with Gasteiger partial charge in [0.25, 0.3) is 5.91 Å². The van der Waals surface area contributed by atoms with E-state index in [9.17, 15) is 22.4 Å². The molecule has 1 saturated carbocycles. The first-order valence-electron chi connectivity index (χ1n) is 13.6. The molecule has 3 aliphatic rings. The van der Waals surface area contributed by atoms with Crippen LogP contribution in [0.15, 0.2) is 23.2 Å². The Morgan fingerprint density at radius 3 is 2.58 bits per heavy atom. The van der Waals surface area contributed by atoms with Gasteiger partial charge in [-0.15, -0.1) is 0 Å². The molecule has 38 heavy (non-hydrogen) atoms. The minimum Gasteiger partial charge on any atom is -0.378 e. The molecule has 1 aliphatic carbocycles. The fourth-order valence-electron chi connectivity index (χ4n) is 5.64. The summed E-state index contributed by atoms with van der Waals surface area (Å²) in [6.45, 7) is 3.95. The van der Waals surface area contributed by atoms with Crippen LogP contribution in [0, 0.1) is 12.8 Å². The number of halogens is 1. The molecule has 2 heterocycles. The van der Waals surface area contributed by atoms with Crippen LogP contribution in [0.25, 0.3) is 0 Å². The maximum Gasteiger partial charge on any atom is 0.253 e. The van der Waals surface area contributed by atoms with Gasteiger partial charge in [0.05, 0.1) is 18.5 Å². The van der Waals surface area contributed by atoms with Gasteiger partial charge in [0.2, 0.25) is 15.9 Å². The average molecular weight is 551 g/mol. The van der Waals surface area contributed by atoms with Crippen LogP contribution in [0.5, 0.6) is 0 Å². The van der Waals surface area contributed by atoms with Gasteiger partial charge in [-0.05, 0) is 81.5 Å². The average Bonchev–Trinajstić information content (AvgIpc) is 3.19. The van der Waals surface area contributed by atoms with Crippen LogP contribution in [0.1, 0.15) is 63.0 Å². The van der Waals surface area contributed by atoms with Crippen molar-refractivity contribution in [3.63, 3.8) is 0 Å². The Labute approximate surface area is 224 Å². The van der Waals surface area contributed by atoms with Gasteiger partial charge in [-0.2, -0.15) is 0 Å². The van der Waals surface area contributed by atoms with Crippen molar-refractivity contribution in [2.24, 2.45) is 10.9 Å². The van der Waals surface area contributed by atoms with Gasteiger partial charge in [-0.3, -0.25) is 19.0 Å². The molecule has 210 valence electrons. The van der Waals surface area contributed by atoms with Crippen LogP contribution in [-0.2, 0) is 30.8 Å². The third kappa shape index (κ3) is 6.79. The Bertz CT molecular complexity index is 1160. The Balaban J connectivity index is 1.30. The Morgan fingerprint density at radius 1 is 1.24 bits per heavy atom. The highest BCUT2D eigenvalue weighted by Gasteiger charge is 2.48. The number of nitrogens with zero attached hydrogens (tertiary/aromatic N) is 2. The summed E-state index contributed by atoms with van der Waals surface area (Å²) >= 11 is 0. The summed E-state index contributed by atoms with van der Waals surface area (Å²) in [6, 6.07) is 5.47. The molecule has 2 aliphatic heterocycles. The first-order valence-corrected chi connectivity index (χ1v) is 15.2. The van der Waals surface area contributed by atoms with Crippen LogP contribution in [-0.4, -0.2) is 74.1 Å². The number of nitrogens with one attached hydrogen (secondary N) is 2. The minimum absolute atomic E-state index is 0.0162. The maximum absolute atomic E-state index is 13.1. The highest BCUT2D eigenvalue weighted by atomic mass is 32.2. The molecule has 1 aromatic rings. The van der Waals surface area contributed by atoms with E-state index in [-0.39, 0.29) is 49.4 Å².